The van der Waals surface area contributed by atoms with E-state index in [4.69, 9.17) is 24.7 Å². The van der Waals surface area contributed by atoms with Crippen LogP contribution >= 0.6 is 0 Å². The predicted molar refractivity (Wildman–Crippen MR) is 85.5 cm³/mol. The van der Waals surface area contributed by atoms with Crippen molar-refractivity contribution in [1.82, 2.24) is 0 Å². The van der Waals surface area contributed by atoms with Crippen molar-refractivity contribution >= 4 is 17.8 Å². The van der Waals surface area contributed by atoms with Gasteiger partial charge in [0.05, 0.1) is 19.9 Å². The summed E-state index contributed by atoms with van der Waals surface area (Å²) in [5, 5.41) is 0. The fourth-order valence-corrected chi connectivity index (χ4v) is 2.30. The molecule has 3 rings (SSSR count). The van der Waals surface area contributed by atoms with Crippen LogP contribution in [0.5, 0.6) is 23.0 Å². The van der Waals surface area contributed by atoms with Crippen LogP contribution in [0.1, 0.15) is 11.1 Å². The van der Waals surface area contributed by atoms with E-state index in [2.05, 4.69) is 0 Å². The van der Waals surface area contributed by atoms with E-state index in [9.17, 15) is 0 Å². The maximum Gasteiger partial charge on any atom is 0.231 e. The first-order valence-corrected chi connectivity index (χ1v) is 6.80. The third-order valence-electron chi connectivity index (χ3n) is 3.40. The molecule has 5 nitrogen and oxygen atoms in total. The van der Waals surface area contributed by atoms with Crippen molar-refractivity contribution in [3.8, 4) is 23.0 Å². The van der Waals surface area contributed by atoms with Crippen molar-refractivity contribution < 1.29 is 18.9 Å². The third-order valence-corrected chi connectivity index (χ3v) is 3.40. The lowest BCUT2D eigenvalue weighted by molar-refractivity contribution is 0.171. The monoisotopic (exact) mass is 299 g/mol. The van der Waals surface area contributed by atoms with Crippen LogP contribution < -0.4 is 24.7 Å². The van der Waals surface area contributed by atoms with Crippen LogP contribution in [0.3, 0.4) is 0 Å². The first kappa shape index (κ1) is 14.1. The molecule has 0 bridgehead atoms. The molecule has 0 unspecified atom stereocenters. The van der Waals surface area contributed by atoms with E-state index < -0.39 is 0 Å². The molecule has 114 valence electrons. The molecule has 0 amide bonds. The van der Waals surface area contributed by atoms with Gasteiger partial charge in [-0.25, -0.2) is 0 Å². The number of nitrogen functional groups attached to an aromatic ring is 1. The minimum absolute atomic E-state index is 0.216. The molecule has 2 N–H and O–H groups in total. The van der Waals surface area contributed by atoms with Crippen LogP contribution in [-0.4, -0.2) is 21.0 Å². The Labute approximate surface area is 128 Å². The van der Waals surface area contributed by atoms with Crippen LogP contribution in [0, 0.1) is 0 Å². The van der Waals surface area contributed by atoms with Gasteiger partial charge in [-0.1, -0.05) is 18.2 Å². The van der Waals surface area contributed by atoms with Gasteiger partial charge in [-0.15, -0.1) is 0 Å². The quantitative estimate of drug-likeness (QED) is 0.694. The first-order chi connectivity index (χ1) is 10.7. The van der Waals surface area contributed by atoms with Gasteiger partial charge in [-0.3, -0.25) is 0 Å². The molecule has 0 aliphatic carbocycles. The third kappa shape index (κ3) is 2.65. The molecule has 5 heteroatoms. The highest BCUT2D eigenvalue weighted by atomic mass is 16.7. The van der Waals surface area contributed by atoms with Crippen molar-refractivity contribution in [2.24, 2.45) is 0 Å². The largest absolute Gasteiger partial charge is 0.495 e. The van der Waals surface area contributed by atoms with Gasteiger partial charge in [-0.2, -0.15) is 0 Å². The highest BCUT2D eigenvalue weighted by Crippen LogP contribution is 2.42. The fraction of sp³-hybridized carbons (Fsp3) is 0.176. The summed E-state index contributed by atoms with van der Waals surface area (Å²) in [4.78, 5) is 0. The van der Waals surface area contributed by atoms with Gasteiger partial charge >= 0.3 is 0 Å². The van der Waals surface area contributed by atoms with E-state index >= 15 is 0 Å². The molecule has 0 spiro atoms. The number of hydrogen-bond donors (Lipinski definition) is 1. The van der Waals surface area contributed by atoms with E-state index in [1.807, 2.05) is 42.5 Å². The smallest absolute Gasteiger partial charge is 0.231 e. The molecule has 1 heterocycles. The average molecular weight is 299 g/mol. The number of ether oxygens (including phenoxy) is 4. The lowest BCUT2D eigenvalue weighted by Gasteiger charge is -2.06. The van der Waals surface area contributed by atoms with Crippen LogP contribution in [0.15, 0.2) is 30.3 Å². The van der Waals surface area contributed by atoms with Crippen molar-refractivity contribution in [2.75, 3.05) is 26.7 Å². The second kappa shape index (κ2) is 5.89. The van der Waals surface area contributed by atoms with Crippen molar-refractivity contribution in [1.29, 1.82) is 0 Å². The standard InChI is InChI=1S/C17H17NO4/c1-19-14-6-5-11(7-13(14)18)3-4-12-8-15(20-2)17-16(9-12)21-10-22-17/h3-9H,10,18H2,1-2H3/b4-3-. The first-order valence-electron chi connectivity index (χ1n) is 6.80. The summed E-state index contributed by atoms with van der Waals surface area (Å²) in [5.74, 6) is 2.66. The molecule has 2 aromatic carbocycles. The molecule has 0 fully saturated rings. The Hall–Kier alpha value is -2.82. The lowest BCUT2D eigenvalue weighted by atomic mass is 10.1. The van der Waals surface area contributed by atoms with Crippen molar-refractivity contribution in [3.05, 3.63) is 41.5 Å². The molecule has 0 atom stereocenters. The van der Waals surface area contributed by atoms with E-state index in [1.54, 1.807) is 14.2 Å². The molecule has 1 aliphatic heterocycles. The summed E-state index contributed by atoms with van der Waals surface area (Å²) in [6, 6.07) is 9.45. The zero-order chi connectivity index (χ0) is 15.5. The Kier molecular flexibility index (Phi) is 3.78. The van der Waals surface area contributed by atoms with Gasteiger partial charge < -0.3 is 24.7 Å². The highest BCUT2D eigenvalue weighted by Gasteiger charge is 2.19. The molecular weight excluding hydrogens is 282 g/mol. The number of fused-ring (bicyclic) bond motifs is 1. The summed E-state index contributed by atoms with van der Waals surface area (Å²) in [6.07, 6.45) is 3.93. The van der Waals surface area contributed by atoms with E-state index in [0.29, 0.717) is 28.7 Å². The molecule has 22 heavy (non-hydrogen) atoms. The van der Waals surface area contributed by atoms with Crippen LogP contribution in [0.4, 0.5) is 5.69 Å². The van der Waals surface area contributed by atoms with Gasteiger partial charge in [0, 0.05) is 0 Å². The zero-order valence-corrected chi connectivity index (χ0v) is 12.5. The van der Waals surface area contributed by atoms with Crippen molar-refractivity contribution in [3.63, 3.8) is 0 Å². The summed E-state index contributed by atoms with van der Waals surface area (Å²) in [7, 11) is 3.20. The fourth-order valence-electron chi connectivity index (χ4n) is 2.30. The number of hydrogen-bond acceptors (Lipinski definition) is 5. The lowest BCUT2D eigenvalue weighted by Crippen LogP contribution is -1.93. The summed E-state index contributed by atoms with van der Waals surface area (Å²) in [5.41, 5.74) is 8.44. The molecule has 0 saturated heterocycles. The second-order valence-electron chi connectivity index (χ2n) is 4.79. The number of benzene rings is 2. The Morgan fingerprint density at radius 1 is 0.955 bits per heavy atom. The minimum atomic E-state index is 0.216. The van der Waals surface area contributed by atoms with Crippen LogP contribution in [0.2, 0.25) is 0 Å². The van der Waals surface area contributed by atoms with Gasteiger partial charge in [-0.05, 0) is 35.4 Å². The number of nitrogens with two attached hydrogens (primary N) is 1. The topological polar surface area (TPSA) is 62.9 Å². The highest BCUT2D eigenvalue weighted by molar-refractivity contribution is 5.74. The Morgan fingerprint density at radius 2 is 1.73 bits per heavy atom. The summed E-state index contributed by atoms with van der Waals surface area (Å²) >= 11 is 0. The molecule has 0 aromatic heterocycles. The minimum Gasteiger partial charge on any atom is -0.495 e. The van der Waals surface area contributed by atoms with Gasteiger partial charge in [0.25, 0.3) is 0 Å². The van der Waals surface area contributed by atoms with Crippen molar-refractivity contribution in [2.45, 2.75) is 0 Å². The van der Waals surface area contributed by atoms with Gasteiger partial charge in [0.1, 0.15) is 5.75 Å². The van der Waals surface area contributed by atoms with E-state index in [1.165, 1.54) is 0 Å². The van der Waals surface area contributed by atoms with Crippen LogP contribution in [-0.2, 0) is 0 Å². The Balaban J connectivity index is 1.88. The van der Waals surface area contributed by atoms with E-state index in [0.717, 1.165) is 11.1 Å². The summed E-state index contributed by atoms with van der Waals surface area (Å²) in [6.45, 7) is 0.216. The van der Waals surface area contributed by atoms with E-state index in [-0.39, 0.29) is 6.79 Å². The average Bonchev–Trinajstić information content (AvgIpc) is 3.00. The summed E-state index contributed by atoms with van der Waals surface area (Å²) < 4.78 is 21.3. The SMILES string of the molecule is COc1ccc(/C=C\c2cc(OC)c3c(c2)OCO3)cc1N. The van der Waals surface area contributed by atoms with Gasteiger partial charge in [0.15, 0.2) is 11.5 Å². The molecule has 0 radical (unpaired) electrons. The Morgan fingerprint density at radius 3 is 2.45 bits per heavy atom. The van der Waals surface area contributed by atoms with Gasteiger partial charge in [0.2, 0.25) is 12.5 Å². The maximum absolute atomic E-state index is 5.90. The second-order valence-corrected chi connectivity index (χ2v) is 4.79. The Bertz CT molecular complexity index is 725. The number of anilines is 1. The molecule has 0 saturated carbocycles. The normalized spacial score (nSPS) is 12.6. The zero-order valence-electron chi connectivity index (χ0n) is 12.5. The molecule has 2 aromatic rings. The number of methoxy groups -OCH3 is 2. The predicted octanol–water partition coefficient (Wildman–Crippen LogP) is 3.19. The maximum atomic E-state index is 5.90. The molecule has 1 aliphatic rings. The van der Waals surface area contributed by atoms with Crippen LogP contribution in [0.25, 0.3) is 12.2 Å². The molecular formula is C17H17NO4. The number of rotatable bonds is 4.